The second-order valence-electron chi connectivity index (χ2n) is 24.9. The number of hydrogen-bond donors (Lipinski definition) is 8. The summed E-state index contributed by atoms with van der Waals surface area (Å²) in [5, 5.41) is 79.4. The Hall–Kier alpha value is -5.14. The Morgan fingerprint density at radius 1 is 0.667 bits per heavy atom. The third-order valence-electron chi connectivity index (χ3n) is 21.1. The van der Waals surface area contributed by atoms with Crippen LogP contribution in [0.3, 0.4) is 0 Å². The maximum atomic E-state index is 13.7. The number of aromatic hydroxyl groups is 2. The number of rotatable bonds is 10. The van der Waals surface area contributed by atoms with E-state index in [2.05, 4.69) is 15.1 Å². The second-order valence-corrected chi connectivity index (χ2v) is 24.9. The summed E-state index contributed by atoms with van der Waals surface area (Å²) in [6, 6.07) is 11.0. The van der Waals surface area contributed by atoms with Gasteiger partial charge in [-0.15, -0.1) is 0 Å². The molecule has 75 heavy (non-hydrogen) atoms. The summed E-state index contributed by atoms with van der Waals surface area (Å²) in [7, 11) is 3.83. The molecule has 17 heteroatoms. The van der Waals surface area contributed by atoms with E-state index >= 15 is 0 Å². The lowest BCUT2D eigenvalue weighted by atomic mass is 9.48. The molecule has 2 saturated heterocycles. The van der Waals surface area contributed by atoms with Gasteiger partial charge in [0.15, 0.2) is 23.0 Å². The maximum absolute atomic E-state index is 13.7. The van der Waals surface area contributed by atoms with Gasteiger partial charge in [-0.2, -0.15) is 0 Å². The summed E-state index contributed by atoms with van der Waals surface area (Å²) in [4.78, 5) is 30.6. The zero-order chi connectivity index (χ0) is 51.8. The molecule has 8 N–H and O–H groups in total. The first-order chi connectivity index (χ1) is 36.0. The first kappa shape index (κ1) is 48.2. The third-order valence-corrected chi connectivity index (χ3v) is 21.1. The number of carboxylic acid groups (broad SMARTS) is 1. The molecule has 17 nitrogen and oxygen atoms in total. The minimum Gasteiger partial charge on any atom is -0.504 e. The van der Waals surface area contributed by atoms with Crippen LogP contribution in [0.2, 0.25) is 0 Å². The molecule has 1 amide bonds. The molecule has 8 fully saturated rings. The zero-order valence-electron chi connectivity index (χ0n) is 42.7. The van der Waals surface area contributed by atoms with Crippen LogP contribution in [-0.4, -0.2) is 161 Å². The first-order valence-electron chi connectivity index (χ1n) is 27.6. The highest BCUT2D eigenvalue weighted by atomic mass is 16.5. The van der Waals surface area contributed by atoms with Gasteiger partial charge in [-0.3, -0.25) is 19.4 Å². The average Bonchev–Trinajstić information content (AvgIpc) is 4.46. The Bertz CT molecular complexity index is 2940. The number of likely N-dealkylation sites (tertiary alicyclic amines) is 2. The molecule has 16 rings (SSSR count). The molecule has 14 atom stereocenters. The van der Waals surface area contributed by atoms with E-state index in [-0.39, 0.29) is 71.3 Å². The smallest absolute Gasteiger partial charge is 0.307 e. The number of carboxylic acids is 1. The van der Waals surface area contributed by atoms with Crippen LogP contribution in [0.1, 0.15) is 122 Å². The number of phenols is 2. The van der Waals surface area contributed by atoms with Crippen molar-refractivity contribution in [1.29, 1.82) is 0 Å². The number of aliphatic hydroxyl groups is 4. The van der Waals surface area contributed by atoms with Crippen LogP contribution in [0.5, 0.6) is 23.0 Å². The second kappa shape index (κ2) is 16.4. The molecule has 6 heterocycles. The van der Waals surface area contributed by atoms with E-state index in [1.165, 1.54) is 5.56 Å². The molecule has 8 aliphatic carbocycles. The van der Waals surface area contributed by atoms with Crippen LogP contribution >= 0.6 is 0 Å². The van der Waals surface area contributed by atoms with Crippen LogP contribution in [0.4, 0.5) is 0 Å². The van der Waals surface area contributed by atoms with E-state index in [9.17, 15) is 40.2 Å². The molecule has 2 aromatic carbocycles. The SMILES string of the molecule is CN(C(=O)C1CC1c1ccoc1)[C@H]1CC[C@@]2(O)C3Cc4ccc(O)c5c4[C@@]2(CCN3CC2(O)CC2)[C@H]1O5.CN[C@H]1CC[C@@]2(O)C3Cc4ccc(O)c5c4[C@@]2(CCN3CC2(O)CC2)[C@H]1O5.O=C(O)C1CC1c1ccoc1. The van der Waals surface area contributed by atoms with Gasteiger partial charge in [0.1, 0.15) is 12.2 Å². The van der Waals surface area contributed by atoms with E-state index in [0.29, 0.717) is 56.7 Å². The summed E-state index contributed by atoms with van der Waals surface area (Å²) in [6.07, 6.45) is 16.5. The normalized spacial score (nSPS) is 39.4. The molecule has 6 unspecified atom stereocenters. The van der Waals surface area contributed by atoms with Crippen molar-refractivity contribution in [2.24, 2.45) is 11.8 Å². The van der Waals surface area contributed by atoms with E-state index in [1.807, 2.05) is 43.3 Å². The number of hydrogen-bond acceptors (Lipinski definition) is 15. The Morgan fingerprint density at radius 2 is 1.16 bits per heavy atom. The van der Waals surface area contributed by atoms with Gasteiger partial charge in [-0.1, -0.05) is 12.1 Å². The van der Waals surface area contributed by atoms with E-state index in [4.69, 9.17) is 23.4 Å². The molecule has 4 aliphatic heterocycles. The maximum Gasteiger partial charge on any atom is 0.307 e. The number of likely N-dealkylation sites (N-methyl/N-ethyl adjacent to an activating group) is 2. The largest absolute Gasteiger partial charge is 0.504 e. The Morgan fingerprint density at radius 3 is 1.64 bits per heavy atom. The fraction of sp³-hybridized carbons (Fsp3) is 0.621. The number of ether oxygens (including phenoxy) is 2. The number of β-amino-alcohol motifs (C(OH)–C–C–N with tert-alkyl or cyclic N) is 2. The molecule has 400 valence electrons. The monoisotopic (exact) mass is 1030 g/mol. The van der Waals surface area contributed by atoms with Gasteiger partial charge in [0.05, 0.1) is 70.2 Å². The van der Waals surface area contributed by atoms with Crippen LogP contribution in [0, 0.1) is 11.8 Å². The van der Waals surface area contributed by atoms with Crippen molar-refractivity contribution in [1.82, 2.24) is 20.0 Å². The van der Waals surface area contributed by atoms with Crippen LogP contribution in [0.25, 0.3) is 0 Å². The quantitative estimate of drug-likeness (QED) is 0.110. The zero-order valence-corrected chi connectivity index (χ0v) is 42.7. The Balaban J connectivity index is 0.000000118. The lowest BCUT2D eigenvalue weighted by Gasteiger charge is -2.64. The van der Waals surface area contributed by atoms with Gasteiger partial charge in [-0.25, -0.2) is 0 Å². The number of nitrogens with one attached hydrogen (secondary N) is 1. The molecule has 6 saturated carbocycles. The fourth-order valence-electron chi connectivity index (χ4n) is 16.7. The minimum atomic E-state index is -1.05. The van der Waals surface area contributed by atoms with E-state index < -0.39 is 45.3 Å². The van der Waals surface area contributed by atoms with Crippen LogP contribution in [-0.2, 0) is 33.3 Å². The van der Waals surface area contributed by atoms with Gasteiger partial charge < -0.3 is 64.3 Å². The lowest BCUT2D eigenvalue weighted by molar-refractivity contribution is -0.203. The lowest BCUT2D eigenvalue weighted by Crippen LogP contribution is -2.78. The highest BCUT2D eigenvalue weighted by Gasteiger charge is 2.75. The number of furan rings is 2. The van der Waals surface area contributed by atoms with E-state index in [0.717, 1.165) is 98.7 Å². The molecular formula is C58H70N4O13. The van der Waals surface area contributed by atoms with Crippen molar-refractivity contribution in [3.05, 3.63) is 94.8 Å². The van der Waals surface area contributed by atoms with E-state index in [1.54, 1.807) is 37.2 Å². The molecule has 0 radical (unpaired) electrons. The van der Waals surface area contributed by atoms with Crippen molar-refractivity contribution in [3.8, 4) is 23.0 Å². The first-order valence-corrected chi connectivity index (χ1v) is 27.6. The van der Waals surface area contributed by atoms with Crippen molar-refractivity contribution in [3.63, 3.8) is 0 Å². The number of aliphatic carboxylic acids is 1. The van der Waals surface area contributed by atoms with Crippen LogP contribution in [0.15, 0.2) is 70.3 Å². The average molecular weight is 1030 g/mol. The predicted octanol–water partition coefficient (Wildman–Crippen LogP) is 4.42. The van der Waals surface area contributed by atoms with Gasteiger partial charge in [0.25, 0.3) is 0 Å². The number of nitrogens with zero attached hydrogens (tertiary/aromatic N) is 3. The fourth-order valence-corrected chi connectivity index (χ4v) is 16.7. The number of carbonyl (C=O) groups excluding carboxylic acids is 1. The Labute approximate surface area is 435 Å². The molecule has 2 spiro atoms. The summed E-state index contributed by atoms with van der Waals surface area (Å²) in [5.74, 6) is 0.942. The number of amides is 1. The molecule has 12 aliphatic rings. The molecule has 4 bridgehead atoms. The number of benzene rings is 2. The van der Waals surface area contributed by atoms with Gasteiger partial charge in [0.2, 0.25) is 5.91 Å². The summed E-state index contributed by atoms with van der Waals surface area (Å²) >= 11 is 0. The van der Waals surface area contributed by atoms with Gasteiger partial charge in [-0.05, 0) is 162 Å². The standard InChI is InChI=1S/C29H34N2O6.C21H28N2O4.C8H8O3/c1-30(26(33)19-13-18(19)17-5-11-36-14-17)20-4-6-29(35)22-12-16-2-3-21(32)24-23(16)28(29,25(20)37-24)9-10-31(22)15-27(34)7-8-27;1-22-13-4-5-21(26)15-10-12-2-3-14(24)17-16(12)20(21,18(13)27-17)8-9-23(15)11-19(25)6-7-19;9-8(10)7-3-6(7)5-1-2-11-4-5/h2-3,5,11,14,18-20,22,25,32,34-35H,4,6-10,12-13,15H2,1H3;2-3,13,15,18,22,24-26H,4-11H2,1H3;1-2,4,6-7H,3H2,(H,9,10)/t18?,19?,20-,22?,25-,28-,29+;13-,15?,18-,20-,21+;/m00./s1. The number of piperidine rings is 2. The minimum absolute atomic E-state index is 0.0113. The van der Waals surface area contributed by atoms with Crippen molar-refractivity contribution < 1.29 is 63.6 Å². The molecule has 2 aromatic heterocycles. The van der Waals surface area contributed by atoms with Gasteiger partial charge in [0, 0.05) is 61.2 Å². The highest BCUT2D eigenvalue weighted by Crippen LogP contribution is 2.68. The van der Waals surface area contributed by atoms with Crippen LogP contribution < -0.4 is 14.8 Å². The number of carbonyl (C=O) groups is 2. The van der Waals surface area contributed by atoms with Gasteiger partial charge >= 0.3 is 5.97 Å². The third kappa shape index (κ3) is 6.92. The topological polar surface area (TPSA) is 242 Å². The predicted molar refractivity (Wildman–Crippen MR) is 269 cm³/mol. The number of phenolic OH excluding ortho intramolecular Hbond substituents is 2. The van der Waals surface area contributed by atoms with Crippen molar-refractivity contribution in [2.45, 2.75) is 171 Å². The van der Waals surface area contributed by atoms with Crippen molar-refractivity contribution >= 4 is 11.9 Å². The summed E-state index contributed by atoms with van der Waals surface area (Å²) < 4.78 is 23.1. The molecular weight excluding hydrogens is 961 g/mol. The summed E-state index contributed by atoms with van der Waals surface area (Å²) in [6.45, 7) is 2.83. The molecule has 4 aromatic rings. The highest BCUT2D eigenvalue weighted by molar-refractivity contribution is 5.83. The Kier molecular flexibility index (Phi) is 10.6. The van der Waals surface area contributed by atoms with Crippen molar-refractivity contribution in [2.75, 3.05) is 40.3 Å². The summed E-state index contributed by atoms with van der Waals surface area (Å²) in [5.41, 5.74) is 2.08.